The molecule has 0 aliphatic carbocycles. The van der Waals surface area contributed by atoms with E-state index in [1.807, 2.05) is 36.4 Å². The first-order chi connectivity index (χ1) is 9.54. The van der Waals surface area contributed by atoms with Crippen LogP contribution in [0.25, 0.3) is 11.0 Å². The Labute approximate surface area is 136 Å². The third-order valence-electron chi connectivity index (χ3n) is 3.05. The number of fused-ring (bicyclic) bond motifs is 1. The van der Waals surface area contributed by atoms with Crippen molar-refractivity contribution in [1.82, 2.24) is 9.97 Å². The van der Waals surface area contributed by atoms with Gasteiger partial charge in [-0.3, -0.25) is 0 Å². The van der Waals surface area contributed by atoms with E-state index in [-0.39, 0.29) is 11.1 Å². The summed E-state index contributed by atoms with van der Waals surface area (Å²) in [6.45, 7) is 0. The number of hydrogen-bond acceptors (Lipinski definition) is 1. The highest BCUT2D eigenvalue weighted by molar-refractivity contribution is 9.10. The predicted molar refractivity (Wildman–Crippen MR) is 88.5 cm³/mol. The van der Waals surface area contributed by atoms with Crippen molar-refractivity contribution in [2.45, 2.75) is 5.38 Å². The molecular formula is C14H9Br2ClN2O. The van der Waals surface area contributed by atoms with Gasteiger partial charge in [0.1, 0.15) is 0 Å². The van der Waals surface area contributed by atoms with Crippen LogP contribution < -0.4 is 5.69 Å². The highest BCUT2D eigenvalue weighted by Gasteiger charge is 2.16. The summed E-state index contributed by atoms with van der Waals surface area (Å²) in [6.07, 6.45) is 0. The van der Waals surface area contributed by atoms with Crippen LogP contribution in [0.3, 0.4) is 0 Å². The van der Waals surface area contributed by atoms with E-state index >= 15 is 0 Å². The molecule has 2 N–H and O–H groups in total. The average Bonchev–Trinajstić information content (AvgIpc) is 2.76. The fourth-order valence-electron chi connectivity index (χ4n) is 2.11. The number of nitrogens with one attached hydrogen (secondary N) is 2. The lowest BCUT2D eigenvalue weighted by molar-refractivity contribution is 1.13. The molecule has 0 spiro atoms. The highest BCUT2D eigenvalue weighted by Crippen LogP contribution is 2.36. The van der Waals surface area contributed by atoms with Crippen molar-refractivity contribution in [2.75, 3.05) is 0 Å². The monoisotopic (exact) mass is 414 g/mol. The topological polar surface area (TPSA) is 48.6 Å². The van der Waals surface area contributed by atoms with E-state index in [0.717, 1.165) is 31.1 Å². The minimum Gasteiger partial charge on any atom is -0.306 e. The molecule has 20 heavy (non-hydrogen) atoms. The number of halogens is 3. The fraction of sp³-hybridized carbons (Fsp3) is 0.0714. The van der Waals surface area contributed by atoms with E-state index in [1.54, 1.807) is 0 Å². The first kappa shape index (κ1) is 13.9. The first-order valence-corrected chi connectivity index (χ1v) is 7.88. The Morgan fingerprint density at radius 1 is 1.05 bits per heavy atom. The van der Waals surface area contributed by atoms with Crippen LogP contribution in [0.2, 0.25) is 0 Å². The summed E-state index contributed by atoms with van der Waals surface area (Å²) in [4.78, 5) is 16.8. The third kappa shape index (κ3) is 2.57. The summed E-state index contributed by atoms with van der Waals surface area (Å²) in [7, 11) is 0. The SMILES string of the molecule is O=c1[nH]c2cc(Br)c(C(Cl)c3cccc(Br)c3)cc2[nH]1. The number of benzene rings is 2. The van der Waals surface area contributed by atoms with E-state index in [4.69, 9.17) is 11.6 Å². The molecule has 2 aromatic carbocycles. The summed E-state index contributed by atoms with van der Waals surface area (Å²) >= 11 is 13.5. The van der Waals surface area contributed by atoms with Gasteiger partial charge in [-0.25, -0.2) is 4.79 Å². The Kier molecular flexibility index (Phi) is 3.75. The van der Waals surface area contributed by atoms with Crippen LogP contribution in [-0.2, 0) is 0 Å². The lowest BCUT2D eigenvalue weighted by Gasteiger charge is -2.13. The van der Waals surface area contributed by atoms with Crippen LogP contribution in [0, 0.1) is 0 Å². The van der Waals surface area contributed by atoms with Crippen LogP contribution in [0.15, 0.2) is 50.1 Å². The molecule has 102 valence electrons. The van der Waals surface area contributed by atoms with E-state index in [2.05, 4.69) is 41.8 Å². The Morgan fingerprint density at radius 2 is 1.75 bits per heavy atom. The van der Waals surface area contributed by atoms with Crippen LogP contribution >= 0.6 is 43.5 Å². The molecule has 0 radical (unpaired) electrons. The lowest BCUT2D eigenvalue weighted by atomic mass is 10.0. The van der Waals surface area contributed by atoms with Gasteiger partial charge in [-0.15, -0.1) is 11.6 Å². The smallest absolute Gasteiger partial charge is 0.306 e. The van der Waals surface area contributed by atoms with Gasteiger partial charge in [-0.05, 0) is 35.4 Å². The second kappa shape index (κ2) is 5.39. The van der Waals surface area contributed by atoms with Gasteiger partial charge in [0.05, 0.1) is 16.4 Å². The molecule has 0 amide bonds. The van der Waals surface area contributed by atoms with Crippen LogP contribution in [0.1, 0.15) is 16.5 Å². The molecule has 0 saturated carbocycles. The largest absolute Gasteiger partial charge is 0.323 e. The second-order valence-electron chi connectivity index (χ2n) is 4.42. The number of hydrogen-bond donors (Lipinski definition) is 2. The predicted octanol–water partition coefficient (Wildman–Crippen LogP) is 4.71. The molecule has 0 saturated heterocycles. The molecule has 0 fully saturated rings. The maximum absolute atomic E-state index is 11.3. The first-order valence-electron chi connectivity index (χ1n) is 5.85. The molecule has 3 aromatic rings. The van der Waals surface area contributed by atoms with Crippen molar-refractivity contribution in [2.24, 2.45) is 0 Å². The number of imidazole rings is 1. The quantitative estimate of drug-likeness (QED) is 0.584. The number of H-pyrrole nitrogens is 2. The molecule has 1 aromatic heterocycles. The van der Waals surface area contributed by atoms with Crippen LogP contribution in [-0.4, -0.2) is 9.97 Å². The standard InChI is InChI=1S/C14H9Br2ClN2O/c15-8-3-1-2-7(4-8)13(17)9-5-11-12(6-10(9)16)19-14(20)18-11/h1-6,13H,(H2,18,19,20). The Balaban J connectivity index is 2.13. The van der Waals surface area contributed by atoms with Gasteiger partial charge in [0.15, 0.2) is 0 Å². The molecule has 0 aliphatic heterocycles. The summed E-state index contributed by atoms with van der Waals surface area (Å²) in [5, 5.41) is -0.301. The Morgan fingerprint density at radius 3 is 2.45 bits per heavy atom. The molecule has 3 rings (SSSR count). The summed E-state index contributed by atoms with van der Waals surface area (Å²) in [6, 6.07) is 11.6. The zero-order chi connectivity index (χ0) is 14.3. The molecule has 3 nitrogen and oxygen atoms in total. The van der Waals surface area contributed by atoms with Crippen LogP contribution in [0.4, 0.5) is 0 Å². The van der Waals surface area contributed by atoms with E-state index < -0.39 is 0 Å². The molecule has 1 heterocycles. The Bertz CT molecular complexity index is 841. The van der Waals surface area contributed by atoms with Gasteiger partial charge in [-0.2, -0.15) is 0 Å². The second-order valence-corrected chi connectivity index (χ2v) is 6.62. The normalized spacial score (nSPS) is 12.8. The summed E-state index contributed by atoms with van der Waals surface area (Å²) < 4.78 is 1.84. The van der Waals surface area contributed by atoms with Crippen molar-refractivity contribution in [3.63, 3.8) is 0 Å². The fourth-order valence-corrected chi connectivity index (χ4v) is 3.55. The van der Waals surface area contributed by atoms with Crippen molar-refractivity contribution in [3.8, 4) is 0 Å². The van der Waals surface area contributed by atoms with E-state index in [9.17, 15) is 4.79 Å². The third-order valence-corrected chi connectivity index (χ3v) is 4.71. The average molecular weight is 416 g/mol. The van der Waals surface area contributed by atoms with Crippen molar-refractivity contribution >= 4 is 54.5 Å². The van der Waals surface area contributed by atoms with Crippen molar-refractivity contribution in [1.29, 1.82) is 0 Å². The van der Waals surface area contributed by atoms with Gasteiger partial charge < -0.3 is 9.97 Å². The minimum absolute atomic E-state index is 0.224. The lowest BCUT2D eigenvalue weighted by Crippen LogP contribution is -1.99. The molecule has 0 bridgehead atoms. The van der Waals surface area contributed by atoms with Crippen molar-refractivity contribution in [3.05, 3.63) is 67.0 Å². The number of alkyl halides is 1. The summed E-state index contributed by atoms with van der Waals surface area (Å²) in [5.41, 5.74) is 3.17. The van der Waals surface area contributed by atoms with Gasteiger partial charge in [0, 0.05) is 8.95 Å². The number of rotatable bonds is 2. The van der Waals surface area contributed by atoms with E-state index in [0.29, 0.717) is 0 Å². The number of aromatic nitrogens is 2. The zero-order valence-corrected chi connectivity index (χ0v) is 14.0. The van der Waals surface area contributed by atoms with Gasteiger partial charge in [0.2, 0.25) is 0 Å². The molecule has 6 heteroatoms. The zero-order valence-electron chi connectivity index (χ0n) is 10.1. The van der Waals surface area contributed by atoms with Gasteiger partial charge >= 0.3 is 5.69 Å². The van der Waals surface area contributed by atoms with Crippen molar-refractivity contribution < 1.29 is 0 Å². The molecular weight excluding hydrogens is 407 g/mol. The summed E-state index contributed by atoms with van der Waals surface area (Å²) in [5.74, 6) is 0. The minimum atomic E-state index is -0.301. The highest BCUT2D eigenvalue weighted by atomic mass is 79.9. The van der Waals surface area contributed by atoms with Crippen LogP contribution in [0.5, 0.6) is 0 Å². The molecule has 1 atom stereocenters. The number of aromatic amines is 2. The molecule has 1 unspecified atom stereocenters. The Hall–Kier alpha value is -1.04. The maximum atomic E-state index is 11.3. The van der Waals surface area contributed by atoms with Gasteiger partial charge in [0.25, 0.3) is 0 Å². The van der Waals surface area contributed by atoms with E-state index in [1.165, 1.54) is 0 Å². The van der Waals surface area contributed by atoms with Gasteiger partial charge in [-0.1, -0.05) is 44.0 Å². The molecule has 0 aliphatic rings. The maximum Gasteiger partial charge on any atom is 0.323 e.